The molecule has 1 N–H and O–H groups in total. The van der Waals surface area contributed by atoms with E-state index < -0.39 is 30.6 Å². The van der Waals surface area contributed by atoms with Crippen molar-refractivity contribution < 1.29 is 22.5 Å². The fraction of sp³-hybridized carbons (Fsp3) is 0.259. The SMILES string of the molecule is Cc1nc2cc(F)c(-c3ccc(P4(=O)CCOCC4)nc3)cc2c(N[C@H](C)c2cccc(F)c2F)c1Cl. The first-order valence-corrected chi connectivity index (χ1v) is 14.3. The van der Waals surface area contributed by atoms with Crippen LogP contribution >= 0.6 is 18.7 Å². The Morgan fingerprint density at radius 3 is 2.54 bits per heavy atom. The smallest absolute Gasteiger partial charge is 0.164 e. The average Bonchev–Trinajstić information content (AvgIpc) is 2.88. The molecular formula is C27H24ClF3N3O2P. The molecule has 3 heterocycles. The summed E-state index contributed by atoms with van der Waals surface area (Å²) in [6, 6.07) is 9.61. The zero-order chi connectivity index (χ0) is 26.3. The molecule has 0 aliphatic carbocycles. The first-order valence-electron chi connectivity index (χ1n) is 11.8. The van der Waals surface area contributed by atoms with Crippen LogP contribution in [0.4, 0.5) is 18.9 Å². The average molecular weight is 546 g/mol. The van der Waals surface area contributed by atoms with Crippen molar-refractivity contribution in [3.8, 4) is 11.1 Å². The van der Waals surface area contributed by atoms with Crippen molar-refractivity contribution in [2.24, 2.45) is 0 Å². The number of aryl methyl sites for hydroxylation is 1. The third-order valence-electron chi connectivity index (χ3n) is 6.66. The van der Waals surface area contributed by atoms with E-state index in [1.165, 1.54) is 24.4 Å². The van der Waals surface area contributed by atoms with Crippen molar-refractivity contribution in [2.45, 2.75) is 19.9 Å². The fourth-order valence-corrected chi connectivity index (χ4v) is 6.89. The highest BCUT2D eigenvalue weighted by molar-refractivity contribution is 7.71. The monoisotopic (exact) mass is 545 g/mol. The summed E-state index contributed by atoms with van der Waals surface area (Å²) in [5.41, 5.74) is 2.63. The minimum atomic E-state index is -2.63. The van der Waals surface area contributed by atoms with Crippen LogP contribution in [0.2, 0.25) is 5.02 Å². The van der Waals surface area contributed by atoms with E-state index in [1.54, 1.807) is 32.0 Å². The topological polar surface area (TPSA) is 64.1 Å². The lowest BCUT2D eigenvalue weighted by molar-refractivity contribution is 0.156. The molecule has 37 heavy (non-hydrogen) atoms. The molecule has 4 aromatic rings. The van der Waals surface area contributed by atoms with Crippen molar-refractivity contribution in [3.05, 3.63) is 82.4 Å². The molecule has 0 radical (unpaired) electrons. The molecule has 2 aromatic carbocycles. The number of pyridine rings is 2. The number of benzene rings is 2. The van der Waals surface area contributed by atoms with Gasteiger partial charge in [0.05, 0.1) is 41.2 Å². The molecule has 1 aliphatic rings. The van der Waals surface area contributed by atoms with Crippen LogP contribution in [0.3, 0.4) is 0 Å². The van der Waals surface area contributed by atoms with Crippen LogP contribution in [0.1, 0.15) is 24.2 Å². The van der Waals surface area contributed by atoms with E-state index in [0.717, 1.165) is 6.07 Å². The lowest BCUT2D eigenvalue weighted by Crippen LogP contribution is -2.23. The predicted molar refractivity (Wildman–Crippen MR) is 141 cm³/mol. The minimum absolute atomic E-state index is 0.129. The molecule has 0 bridgehead atoms. The molecular weight excluding hydrogens is 522 g/mol. The predicted octanol–water partition coefficient (Wildman–Crippen LogP) is 6.87. The normalized spacial score (nSPS) is 16.1. The maximum Gasteiger partial charge on any atom is 0.164 e. The second-order valence-corrected chi connectivity index (χ2v) is 12.6. The number of anilines is 1. The summed E-state index contributed by atoms with van der Waals surface area (Å²) >= 11 is 6.59. The van der Waals surface area contributed by atoms with E-state index >= 15 is 4.39 Å². The van der Waals surface area contributed by atoms with Gasteiger partial charge in [-0.05, 0) is 32.0 Å². The van der Waals surface area contributed by atoms with Crippen molar-refractivity contribution in [1.82, 2.24) is 9.97 Å². The van der Waals surface area contributed by atoms with Gasteiger partial charge in [-0.25, -0.2) is 13.2 Å². The fourth-order valence-electron chi connectivity index (χ4n) is 4.55. The third kappa shape index (κ3) is 4.86. The minimum Gasteiger partial charge on any atom is -0.380 e. The standard InChI is InChI=1S/C27H24ClF3N3O2P/c1-15(18-4-3-5-21(29)26(18)31)34-27-20-12-19(22(30)13-23(20)33-16(2)25(27)28)17-6-7-24(32-14-17)37(35)10-8-36-9-11-37/h3-7,12-15H,8-11H2,1-2H3,(H,33,34)/t15-/m1/s1. The molecule has 10 heteroatoms. The summed E-state index contributed by atoms with van der Waals surface area (Å²) in [7, 11) is -2.63. The van der Waals surface area contributed by atoms with Gasteiger partial charge in [-0.1, -0.05) is 29.8 Å². The van der Waals surface area contributed by atoms with Crippen LogP contribution in [0.25, 0.3) is 22.0 Å². The summed E-state index contributed by atoms with van der Waals surface area (Å²) in [5, 5.41) is 3.97. The molecule has 1 atom stereocenters. The van der Waals surface area contributed by atoms with Crippen molar-refractivity contribution in [3.63, 3.8) is 0 Å². The Morgan fingerprint density at radius 1 is 1.08 bits per heavy atom. The maximum atomic E-state index is 15.2. The Hall–Kier alpha value is -2.93. The molecule has 0 unspecified atom stereocenters. The highest BCUT2D eigenvalue weighted by atomic mass is 35.5. The van der Waals surface area contributed by atoms with Crippen LogP contribution in [0.15, 0.2) is 48.7 Å². The van der Waals surface area contributed by atoms with Crippen molar-refractivity contribution >= 4 is 40.8 Å². The molecule has 5 nitrogen and oxygen atoms in total. The Morgan fingerprint density at radius 2 is 1.84 bits per heavy atom. The summed E-state index contributed by atoms with van der Waals surface area (Å²) in [6.45, 7) is 4.23. The lowest BCUT2D eigenvalue weighted by Gasteiger charge is -2.22. The van der Waals surface area contributed by atoms with E-state index in [-0.39, 0.29) is 11.1 Å². The molecule has 0 amide bonds. The molecule has 1 saturated heterocycles. The van der Waals surface area contributed by atoms with Gasteiger partial charge in [0.1, 0.15) is 18.4 Å². The van der Waals surface area contributed by atoms with E-state index in [4.69, 9.17) is 16.3 Å². The highest BCUT2D eigenvalue weighted by Crippen LogP contribution is 2.45. The van der Waals surface area contributed by atoms with E-state index in [1.807, 2.05) is 0 Å². The maximum absolute atomic E-state index is 15.2. The number of nitrogens with one attached hydrogen (secondary N) is 1. The molecule has 192 valence electrons. The van der Waals surface area contributed by atoms with Crippen LogP contribution in [-0.2, 0) is 9.30 Å². The third-order valence-corrected chi connectivity index (χ3v) is 10.0. The first-order chi connectivity index (χ1) is 17.7. The molecule has 0 saturated carbocycles. The Bertz CT molecular complexity index is 1540. The number of hydrogen-bond donors (Lipinski definition) is 1. The van der Waals surface area contributed by atoms with E-state index in [2.05, 4.69) is 15.3 Å². The molecule has 1 fully saturated rings. The van der Waals surface area contributed by atoms with Gasteiger partial charge in [-0.2, -0.15) is 0 Å². The zero-order valence-electron chi connectivity index (χ0n) is 20.2. The molecule has 5 rings (SSSR count). The summed E-state index contributed by atoms with van der Waals surface area (Å²) in [5.74, 6) is -2.41. The number of ether oxygens (including phenoxy) is 1. The van der Waals surface area contributed by atoms with Gasteiger partial charge in [0.15, 0.2) is 11.6 Å². The number of hydrogen-bond acceptors (Lipinski definition) is 5. The highest BCUT2D eigenvalue weighted by Gasteiger charge is 2.29. The van der Waals surface area contributed by atoms with Crippen molar-refractivity contribution in [2.75, 3.05) is 30.9 Å². The van der Waals surface area contributed by atoms with Gasteiger partial charge in [0.25, 0.3) is 0 Å². The van der Waals surface area contributed by atoms with E-state index in [9.17, 15) is 13.3 Å². The number of aromatic nitrogens is 2. The quantitative estimate of drug-likeness (QED) is 0.277. The van der Waals surface area contributed by atoms with Crippen LogP contribution in [0, 0.1) is 24.4 Å². The van der Waals surface area contributed by atoms with Gasteiger partial charge < -0.3 is 14.6 Å². The van der Waals surface area contributed by atoms with Crippen LogP contribution < -0.4 is 10.8 Å². The molecule has 1 aliphatic heterocycles. The summed E-state index contributed by atoms with van der Waals surface area (Å²) in [4.78, 5) is 8.83. The Balaban J connectivity index is 1.56. The van der Waals surface area contributed by atoms with Gasteiger partial charge >= 0.3 is 0 Å². The van der Waals surface area contributed by atoms with Crippen LogP contribution in [-0.4, -0.2) is 35.5 Å². The Kier molecular flexibility index (Phi) is 7.01. The number of halogens is 4. The van der Waals surface area contributed by atoms with Gasteiger partial charge in [0.2, 0.25) is 0 Å². The summed E-state index contributed by atoms with van der Waals surface area (Å²) in [6.07, 6.45) is 2.38. The Labute approximate surface area is 217 Å². The summed E-state index contributed by atoms with van der Waals surface area (Å²) < 4.78 is 62.0. The van der Waals surface area contributed by atoms with Gasteiger partial charge in [-0.3, -0.25) is 9.97 Å². The molecule has 2 aromatic heterocycles. The second kappa shape index (κ2) is 10.1. The van der Waals surface area contributed by atoms with Gasteiger partial charge in [-0.15, -0.1) is 0 Å². The second-order valence-electron chi connectivity index (χ2n) is 9.10. The van der Waals surface area contributed by atoms with Crippen LogP contribution in [0.5, 0.6) is 0 Å². The lowest BCUT2D eigenvalue weighted by atomic mass is 10.0. The first kappa shape index (κ1) is 25.7. The van der Waals surface area contributed by atoms with E-state index in [0.29, 0.717) is 63.8 Å². The number of rotatable bonds is 5. The largest absolute Gasteiger partial charge is 0.380 e. The molecule has 0 spiro atoms. The van der Waals surface area contributed by atoms with Crippen molar-refractivity contribution in [1.29, 1.82) is 0 Å². The number of fused-ring (bicyclic) bond motifs is 1. The zero-order valence-corrected chi connectivity index (χ0v) is 21.8. The van der Waals surface area contributed by atoms with Gasteiger partial charge in [0, 0.05) is 46.7 Å². The number of nitrogens with zero attached hydrogens (tertiary/aromatic N) is 2.